The normalized spacial score (nSPS) is 15.1. The minimum absolute atomic E-state index is 0.0547. The minimum atomic E-state index is -0.815. The number of rotatable bonds is 6. The largest absolute Gasteiger partial charge is 0.480 e. The topological polar surface area (TPSA) is 85.8 Å². The average Bonchev–Trinajstić information content (AvgIpc) is 2.69. The summed E-state index contributed by atoms with van der Waals surface area (Å²) in [6.07, 6.45) is 3.09. The molecule has 0 unspecified atom stereocenters. The average molecular weight is 437 g/mol. The van der Waals surface area contributed by atoms with Gasteiger partial charge in [-0.25, -0.2) is 4.98 Å². The smallest absolute Gasteiger partial charge is 0.317 e. The highest BCUT2D eigenvalue weighted by molar-refractivity contribution is 6.31. The summed E-state index contributed by atoms with van der Waals surface area (Å²) in [6.45, 7) is 1.45. The van der Waals surface area contributed by atoms with E-state index in [1.807, 2.05) is 18.0 Å². The molecule has 0 radical (unpaired) electrons. The van der Waals surface area contributed by atoms with Crippen molar-refractivity contribution in [2.75, 3.05) is 36.9 Å². The predicted octanol–water partition coefficient (Wildman–Crippen LogP) is 3.63. The number of carbonyl (C=O) groups excluding carboxylic acids is 1. The fraction of sp³-hybridized carbons (Fsp3) is 0.350. The number of carboxylic acids is 1. The van der Waals surface area contributed by atoms with Gasteiger partial charge in [-0.15, -0.1) is 0 Å². The number of nitrogens with one attached hydrogen (secondary N) is 1. The lowest BCUT2D eigenvalue weighted by Gasteiger charge is -2.37. The first-order valence-electron chi connectivity index (χ1n) is 9.23. The maximum atomic E-state index is 12.9. The summed E-state index contributed by atoms with van der Waals surface area (Å²) < 4.78 is 0. The van der Waals surface area contributed by atoms with E-state index in [9.17, 15) is 9.59 Å². The van der Waals surface area contributed by atoms with E-state index in [0.29, 0.717) is 34.5 Å². The zero-order chi connectivity index (χ0) is 21.0. The van der Waals surface area contributed by atoms with E-state index < -0.39 is 5.97 Å². The quantitative estimate of drug-likeness (QED) is 0.718. The number of carbonyl (C=O) groups is 2. The predicted molar refractivity (Wildman–Crippen MR) is 114 cm³/mol. The van der Waals surface area contributed by atoms with Crippen molar-refractivity contribution in [3.05, 3.63) is 52.1 Å². The lowest BCUT2D eigenvalue weighted by Crippen LogP contribution is -2.45. The Labute approximate surface area is 179 Å². The number of aromatic nitrogens is 1. The van der Waals surface area contributed by atoms with Crippen LogP contribution in [0, 0.1) is 0 Å². The van der Waals surface area contributed by atoms with Gasteiger partial charge in [-0.2, -0.15) is 0 Å². The number of aliphatic carboxylic acids is 1. The van der Waals surface area contributed by atoms with Gasteiger partial charge in [0.25, 0.3) is 5.91 Å². The number of pyridine rings is 1. The van der Waals surface area contributed by atoms with E-state index in [1.54, 1.807) is 24.3 Å². The van der Waals surface area contributed by atoms with Gasteiger partial charge in [0.1, 0.15) is 5.82 Å². The summed E-state index contributed by atoms with van der Waals surface area (Å²) in [6, 6.07) is 8.70. The lowest BCUT2D eigenvalue weighted by molar-refractivity contribution is -0.138. The van der Waals surface area contributed by atoms with Crippen LogP contribution >= 0.6 is 23.2 Å². The molecule has 2 heterocycles. The third kappa shape index (κ3) is 5.59. The first-order chi connectivity index (χ1) is 13.8. The number of carboxylic acid groups (broad SMARTS) is 1. The molecule has 2 N–H and O–H groups in total. The number of nitrogens with zero attached hydrogens (tertiary/aromatic N) is 3. The maximum Gasteiger partial charge on any atom is 0.317 e. The van der Waals surface area contributed by atoms with E-state index >= 15 is 0 Å². The van der Waals surface area contributed by atoms with E-state index in [2.05, 4.69) is 15.2 Å². The number of amides is 1. The zero-order valence-electron chi connectivity index (χ0n) is 15.9. The number of hydrogen-bond acceptors (Lipinski definition) is 5. The van der Waals surface area contributed by atoms with E-state index in [0.717, 1.165) is 18.5 Å². The Kier molecular flexibility index (Phi) is 6.95. The van der Waals surface area contributed by atoms with Gasteiger partial charge < -0.3 is 15.3 Å². The van der Waals surface area contributed by atoms with Gasteiger partial charge in [-0.3, -0.25) is 14.5 Å². The zero-order valence-corrected chi connectivity index (χ0v) is 17.5. The van der Waals surface area contributed by atoms with Crippen LogP contribution in [0.1, 0.15) is 23.2 Å². The lowest BCUT2D eigenvalue weighted by atomic mass is 10.0. The second-order valence-electron chi connectivity index (χ2n) is 6.99. The molecule has 1 aromatic carbocycles. The number of benzene rings is 1. The first-order valence-corrected chi connectivity index (χ1v) is 9.98. The molecule has 154 valence electrons. The fourth-order valence-corrected chi connectivity index (χ4v) is 3.77. The van der Waals surface area contributed by atoms with Gasteiger partial charge in [-0.05, 0) is 43.2 Å². The summed E-state index contributed by atoms with van der Waals surface area (Å²) in [4.78, 5) is 31.9. The molecule has 9 heteroatoms. The Hall–Kier alpha value is -2.35. The van der Waals surface area contributed by atoms with Crippen molar-refractivity contribution < 1.29 is 14.7 Å². The Morgan fingerprint density at radius 2 is 1.90 bits per heavy atom. The Bertz CT molecular complexity index is 884. The molecule has 1 saturated heterocycles. The van der Waals surface area contributed by atoms with Gasteiger partial charge in [0.2, 0.25) is 0 Å². The standard InChI is InChI=1S/C20H22Cl2N4O3/c1-25(15-6-8-26(9-7-15)12-19(27)28)17-4-2-13(21)10-16(17)20(29)24-18-5-3-14(22)11-23-18/h2-5,10-11,15H,6-9,12H2,1H3,(H,27,28)(H,23,24,29). The molecule has 0 aliphatic carbocycles. The summed E-state index contributed by atoms with van der Waals surface area (Å²) in [5, 5.41) is 12.7. The van der Waals surface area contributed by atoms with Gasteiger partial charge in [-0.1, -0.05) is 23.2 Å². The molecule has 0 bridgehead atoms. The van der Waals surface area contributed by atoms with Crippen LogP contribution in [-0.2, 0) is 4.79 Å². The van der Waals surface area contributed by atoms with Crippen molar-refractivity contribution in [3.63, 3.8) is 0 Å². The molecule has 29 heavy (non-hydrogen) atoms. The van der Waals surface area contributed by atoms with Crippen molar-refractivity contribution in [3.8, 4) is 0 Å². The van der Waals surface area contributed by atoms with Crippen LogP contribution in [0.3, 0.4) is 0 Å². The molecule has 1 aromatic heterocycles. The fourth-order valence-electron chi connectivity index (χ4n) is 3.48. The number of halogens is 2. The van der Waals surface area contributed by atoms with E-state index in [4.69, 9.17) is 28.3 Å². The maximum absolute atomic E-state index is 12.9. The van der Waals surface area contributed by atoms with Gasteiger partial charge in [0, 0.05) is 43.1 Å². The van der Waals surface area contributed by atoms with Crippen molar-refractivity contribution in [2.24, 2.45) is 0 Å². The van der Waals surface area contributed by atoms with E-state index in [1.165, 1.54) is 6.20 Å². The van der Waals surface area contributed by atoms with Crippen molar-refractivity contribution in [1.82, 2.24) is 9.88 Å². The highest BCUT2D eigenvalue weighted by Crippen LogP contribution is 2.29. The highest BCUT2D eigenvalue weighted by atomic mass is 35.5. The van der Waals surface area contributed by atoms with Gasteiger partial charge in [0.05, 0.1) is 17.1 Å². The van der Waals surface area contributed by atoms with Crippen molar-refractivity contribution in [1.29, 1.82) is 0 Å². The second kappa shape index (κ2) is 9.43. The summed E-state index contributed by atoms with van der Waals surface area (Å²) in [5.41, 5.74) is 1.21. The molecule has 1 aliphatic rings. The Morgan fingerprint density at radius 3 is 2.52 bits per heavy atom. The van der Waals surface area contributed by atoms with Crippen LogP contribution in [-0.4, -0.2) is 59.6 Å². The van der Waals surface area contributed by atoms with Crippen molar-refractivity contribution >= 4 is 46.6 Å². The molecular weight excluding hydrogens is 415 g/mol. The minimum Gasteiger partial charge on any atom is -0.480 e. The Balaban J connectivity index is 1.75. The third-order valence-electron chi connectivity index (χ3n) is 5.02. The van der Waals surface area contributed by atoms with Crippen molar-refractivity contribution in [2.45, 2.75) is 18.9 Å². The molecule has 7 nitrogen and oxygen atoms in total. The summed E-state index contributed by atoms with van der Waals surface area (Å²) in [7, 11) is 1.94. The molecule has 0 atom stereocenters. The van der Waals surface area contributed by atoms with Gasteiger partial charge in [0.15, 0.2) is 0 Å². The molecule has 2 aromatic rings. The van der Waals surface area contributed by atoms with Gasteiger partial charge >= 0.3 is 5.97 Å². The number of hydrogen-bond donors (Lipinski definition) is 2. The molecule has 1 amide bonds. The second-order valence-corrected chi connectivity index (χ2v) is 7.86. The highest BCUT2D eigenvalue weighted by Gasteiger charge is 2.26. The van der Waals surface area contributed by atoms with Crippen LogP contribution in [0.5, 0.6) is 0 Å². The van der Waals surface area contributed by atoms with Crippen LogP contribution < -0.4 is 10.2 Å². The molecule has 0 spiro atoms. The number of likely N-dealkylation sites (tertiary alicyclic amines) is 1. The van der Waals surface area contributed by atoms with Crippen LogP contribution in [0.2, 0.25) is 10.0 Å². The molecule has 1 aliphatic heterocycles. The van der Waals surface area contributed by atoms with E-state index in [-0.39, 0.29) is 18.5 Å². The summed E-state index contributed by atoms with van der Waals surface area (Å²) in [5.74, 6) is -0.730. The first kappa shape index (κ1) is 21.4. The molecular formula is C20H22Cl2N4O3. The van der Waals surface area contributed by atoms with Crippen LogP contribution in [0.25, 0.3) is 0 Å². The molecule has 1 fully saturated rings. The third-order valence-corrected chi connectivity index (χ3v) is 5.47. The van der Waals surface area contributed by atoms with Crippen LogP contribution in [0.15, 0.2) is 36.5 Å². The monoisotopic (exact) mass is 436 g/mol. The molecule has 0 saturated carbocycles. The van der Waals surface area contributed by atoms with Crippen LogP contribution in [0.4, 0.5) is 11.5 Å². The molecule has 3 rings (SSSR count). The summed E-state index contributed by atoms with van der Waals surface area (Å²) >= 11 is 12.0. The Morgan fingerprint density at radius 1 is 1.21 bits per heavy atom. The SMILES string of the molecule is CN(c1ccc(Cl)cc1C(=O)Nc1ccc(Cl)cn1)C1CCN(CC(=O)O)CC1. The number of piperidine rings is 1. The number of anilines is 2.